The van der Waals surface area contributed by atoms with Crippen molar-refractivity contribution in [3.63, 3.8) is 0 Å². The number of ether oxygens (including phenoxy) is 1. The summed E-state index contributed by atoms with van der Waals surface area (Å²) in [5.41, 5.74) is 1.61. The van der Waals surface area contributed by atoms with E-state index in [1.807, 2.05) is 0 Å². The molecule has 8 nitrogen and oxygen atoms in total. The Hall–Kier alpha value is -3.65. The fourth-order valence-corrected chi connectivity index (χ4v) is 2.63. The summed E-state index contributed by atoms with van der Waals surface area (Å²) >= 11 is 5.83. The SMILES string of the molecule is Cc1cc(NC(=O)COC(=O)c2ccc(NC(=O)Cc3ccc(Cl)cc3)cc2)no1. The highest BCUT2D eigenvalue weighted by atomic mass is 35.5. The van der Waals surface area contributed by atoms with E-state index < -0.39 is 18.5 Å². The average molecular weight is 428 g/mol. The van der Waals surface area contributed by atoms with Gasteiger partial charge in [-0.05, 0) is 48.9 Å². The highest BCUT2D eigenvalue weighted by molar-refractivity contribution is 6.30. The summed E-state index contributed by atoms with van der Waals surface area (Å²) in [7, 11) is 0. The van der Waals surface area contributed by atoms with Gasteiger partial charge in [0.1, 0.15) is 5.76 Å². The molecule has 0 aliphatic carbocycles. The number of esters is 1. The molecule has 154 valence electrons. The molecule has 0 saturated heterocycles. The molecule has 9 heteroatoms. The van der Waals surface area contributed by atoms with Crippen LogP contribution in [0, 0.1) is 6.92 Å². The molecule has 0 unspecified atom stereocenters. The van der Waals surface area contributed by atoms with Gasteiger partial charge in [-0.1, -0.05) is 28.9 Å². The lowest BCUT2D eigenvalue weighted by atomic mass is 10.1. The summed E-state index contributed by atoms with van der Waals surface area (Å²) < 4.78 is 9.80. The standard InChI is InChI=1S/C21H18ClN3O5/c1-13-10-18(25-30-13)24-20(27)12-29-21(28)15-4-8-17(9-5-15)23-19(26)11-14-2-6-16(22)7-3-14/h2-10H,11-12H2,1H3,(H,23,26)(H,24,25,27). The number of amides is 2. The monoisotopic (exact) mass is 427 g/mol. The summed E-state index contributed by atoms with van der Waals surface area (Å²) in [6.07, 6.45) is 0.196. The highest BCUT2D eigenvalue weighted by Crippen LogP contribution is 2.13. The van der Waals surface area contributed by atoms with Crippen molar-refractivity contribution >= 4 is 40.9 Å². The van der Waals surface area contributed by atoms with Crippen LogP contribution in [0.3, 0.4) is 0 Å². The van der Waals surface area contributed by atoms with E-state index in [0.717, 1.165) is 5.56 Å². The Morgan fingerprint density at radius 1 is 1.00 bits per heavy atom. The van der Waals surface area contributed by atoms with E-state index in [1.54, 1.807) is 49.4 Å². The molecule has 0 fully saturated rings. The molecular formula is C21H18ClN3O5. The zero-order valence-electron chi connectivity index (χ0n) is 16.0. The number of halogens is 1. The minimum absolute atomic E-state index is 0.196. The molecule has 3 rings (SSSR count). The minimum Gasteiger partial charge on any atom is -0.452 e. The lowest BCUT2D eigenvalue weighted by Crippen LogP contribution is -2.21. The van der Waals surface area contributed by atoms with E-state index in [2.05, 4.69) is 15.8 Å². The predicted molar refractivity (Wildman–Crippen MR) is 110 cm³/mol. The number of carbonyl (C=O) groups excluding carboxylic acids is 3. The maximum absolute atomic E-state index is 12.1. The number of hydrogen-bond donors (Lipinski definition) is 2. The number of carbonyl (C=O) groups is 3. The number of nitrogens with one attached hydrogen (secondary N) is 2. The van der Waals surface area contributed by atoms with E-state index in [1.165, 1.54) is 12.1 Å². The van der Waals surface area contributed by atoms with Crippen molar-refractivity contribution in [1.29, 1.82) is 0 Å². The molecule has 1 heterocycles. The van der Waals surface area contributed by atoms with Crippen LogP contribution in [-0.2, 0) is 20.7 Å². The van der Waals surface area contributed by atoms with Gasteiger partial charge in [0.05, 0.1) is 12.0 Å². The third kappa shape index (κ3) is 6.18. The average Bonchev–Trinajstić information content (AvgIpc) is 3.13. The second-order valence-electron chi connectivity index (χ2n) is 6.38. The summed E-state index contributed by atoms with van der Waals surface area (Å²) in [6, 6.07) is 14.7. The molecule has 0 aliphatic rings. The van der Waals surface area contributed by atoms with Crippen molar-refractivity contribution in [3.8, 4) is 0 Å². The second kappa shape index (κ2) is 9.71. The lowest BCUT2D eigenvalue weighted by Gasteiger charge is -2.07. The molecule has 0 radical (unpaired) electrons. The van der Waals surface area contributed by atoms with Crippen LogP contribution in [0.15, 0.2) is 59.1 Å². The van der Waals surface area contributed by atoms with Gasteiger partial charge in [-0.15, -0.1) is 0 Å². The molecule has 2 aromatic carbocycles. The molecule has 0 spiro atoms. The van der Waals surface area contributed by atoms with Crippen LogP contribution in [-0.4, -0.2) is 29.5 Å². The van der Waals surface area contributed by atoms with Gasteiger partial charge in [0.25, 0.3) is 5.91 Å². The van der Waals surface area contributed by atoms with Crippen LogP contribution >= 0.6 is 11.6 Å². The van der Waals surface area contributed by atoms with Gasteiger partial charge in [0, 0.05) is 16.8 Å². The fourth-order valence-electron chi connectivity index (χ4n) is 2.50. The van der Waals surface area contributed by atoms with E-state index in [-0.39, 0.29) is 23.7 Å². The molecule has 0 aliphatic heterocycles. The summed E-state index contributed by atoms with van der Waals surface area (Å²) in [5.74, 6) is -0.620. The molecule has 3 aromatic rings. The van der Waals surface area contributed by atoms with Crippen molar-refractivity contribution in [2.75, 3.05) is 17.2 Å². The van der Waals surface area contributed by atoms with Gasteiger partial charge < -0.3 is 19.9 Å². The number of aromatic nitrogens is 1. The Bertz CT molecular complexity index is 1050. The first-order chi connectivity index (χ1) is 14.4. The first-order valence-corrected chi connectivity index (χ1v) is 9.31. The van der Waals surface area contributed by atoms with Gasteiger partial charge in [0.2, 0.25) is 5.91 Å². The van der Waals surface area contributed by atoms with E-state index >= 15 is 0 Å². The van der Waals surface area contributed by atoms with Crippen LogP contribution in [0.25, 0.3) is 0 Å². The Balaban J connectivity index is 1.46. The molecule has 0 saturated carbocycles. The van der Waals surface area contributed by atoms with Crippen molar-refractivity contribution in [2.45, 2.75) is 13.3 Å². The molecule has 0 bridgehead atoms. The molecular weight excluding hydrogens is 410 g/mol. The minimum atomic E-state index is -0.666. The summed E-state index contributed by atoms with van der Waals surface area (Å²) in [4.78, 5) is 36.0. The summed E-state index contributed by atoms with van der Waals surface area (Å²) in [5, 5.41) is 9.41. The Morgan fingerprint density at radius 3 is 2.33 bits per heavy atom. The highest BCUT2D eigenvalue weighted by Gasteiger charge is 2.12. The van der Waals surface area contributed by atoms with Crippen molar-refractivity contribution in [1.82, 2.24) is 5.16 Å². The number of aryl methyl sites for hydroxylation is 1. The first kappa shape index (κ1) is 21.1. The maximum atomic E-state index is 12.1. The van der Waals surface area contributed by atoms with Crippen LogP contribution in [0.1, 0.15) is 21.7 Å². The van der Waals surface area contributed by atoms with Gasteiger partial charge in [-0.2, -0.15) is 0 Å². The topological polar surface area (TPSA) is 111 Å². The van der Waals surface area contributed by atoms with E-state index in [9.17, 15) is 14.4 Å². The Kier molecular flexibility index (Phi) is 6.82. The number of nitrogens with zero attached hydrogens (tertiary/aromatic N) is 1. The van der Waals surface area contributed by atoms with Crippen molar-refractivity contribution < 1.29 is 23.6 Å². The van der Waals surface area contributed by atoms with Crippen LogP contribution in [0.4, 0.5) is 11.5 Å². The molecule has 0 atom stereocenters. The fraction of sp³-hybridized carbons (Fsp3) is 0.143. The molecule has 2 N–H and O–H groups in total. The lowest BCUT2D eigenvalue weighted by molar-refractivity contribution is -0.119. The largest absolute Gasteiger partial charge is 0.452 e. The van der Waals surface area contributed by atoms with Gasteiger partial charge >= 0.3 is 5.97 Å². The van der Waals surface area contributed by atoms with Crippen LogP contribution in [0.5, 0.6) is 0 Å². The van der Waals surface area contributed by atoms with Crippen molar-refractivity contribution in [2.24, 2.45) is 0 Å². The van der Waals surface area contributed by atoms with Crippen molar-refractivity contribution in [3.05, 3.63) is 76.5 Å². The third-order valence-electron chi connectivity index (χ3n) is 3.91. The van der Waals surface area contributed by atoms with E-state index in [0.29, 0.717) is 16.5 Å². The molecule has 2 amide bonds. The number of benzene rings is 2. The second-order valence-corrected chi connectivity index (χ2v) is 6.81. The predicted octanol–water partition coefficient (Wildman–Crippen LogP) is 3.61. The third-order valence-corrected chi connectivity index (χ3v) is 4.16. The molecule has 1 aromatic heterocycles. The smallest absolute Gasteiger partial charge is 0.338 e. The van der Waals surface area contributed by atoms with Gasteiger partial charge in [-0.3, -0.25) is 9.59 Å². The number of rotatable bonds is 7. The first-order valence-electron chi connectivity index (χ1n) is 8.94. The zero-order valence-corrected chi connectivity index (χ0v) is 16.7. The Morgan fingerprint density at radius 2 is 1.70 bits per heavy atom. The quantitative estimate of drug-likeness (QED) is 0.557. The number of anilines is 2. The van der Waals surface area contributed by atoms with E-state index in [4.69, 9.17) is 20.9 Å². The van der Waals surface area contributed by atoms with Gasteiger partial charge in [-0.25, -0.2) is 4.79 Å². The number of hydrogen-bond acceptors (Lipinski definition) is 6. The van der Waals surface area contributed by atoms with Crippen LogP contribution < -0.4 is 10.6 Å². The zero-order chi connectivity index (χ0) is 21.5. The maximum Gasteiger partial charge on any atom is 0.338 e. The normalized spacial score (nSPS) is 10.3. The molecule has 30 heavy (non-hydrogen) atoms. The Labute approximate surface area is 177 Å². The van der Waals surface area contributed by atoms with Gasteiger partial charge in [0.15, 0.2) is 12.4 Å². The summed E-state index contributed by atoms with van der Waals surface area (Å²) in [6.45, 7) is 1.22. The van der Waals surface area contributed by atoms with Crippen LogP contribution in [0.2, 0.25) is 5.02 Å².